The summed E-state index contributed by atoms with van der Waals surface area (Å²) in [5.41, 5.74) is 4.11. The van der Waals surface area contributed by atoms with E-state index in [0.717, 1.165) is 27.2 Å². The number of nitrogens with one attached hydrogen (secondary N) is 2. The number of imide groups is 1. The average Bonchev–Trinajstić information content (AvgIpc) is 3.26. The minimum Gasteiger partial charge on any atom is -0.481 e. The van der Waals surface area contributed by atoms with Gasteiger partial charge in [0.15, 0.2) is 0 Å². The Balaban J connectivity index is 1.41. The molecule has 0 radical (unpaired) electrons. The Morgan fingerprint density at radius 3 is 2.18 bits per heavy atom. The van der Waals surface area contributed by atoms with E-state index in [1.807, 2.05) is 48.5 Å². The molecule has 0 bridgehead atoms. The van der Waals surface area contributed by atoms with Gasteiger partial charge in [0.2, 0.25) is 11.8 Å². The van der Waals surface area contributed by atoms with E-state index >= 15 is 0 Å². The highest BCUT2D eigenvalue weighted by molar-refractivity contribution is 6.07. The number of carbonyl (C=O) groups is 5. The molecule has 0 spiro atoms. The molecule has 34 heavy (non-hydrogen) atoms. The first-order valence-electron chi connectivity index (χ1n) is 10.7. The number of aliphatic carboxylic acids is 1. The molecular weight excluding hydrogens is 442 g/mol. The molecular formula is C24H23N3O7. The Labute approximate surface area is 194 Å². The quantitative estimate of drug-likeness (QED) is 0.522. The van der Waals surface area contributed by atoms with Crippen LogP contribution >= 0.6 is 0 Å². The number of rotatable bonds is 7. The normalized spacial score (nSPS) is 17.7. The van der Waals surface area contributed by atoms with Crippen LogP contribution in [0.5, 0.6) is 0 Å². The number of carbonyl (C=O) groups excluding carboxylic acids is 4. The van der Waals surface area contributed by atoms with Crippen molar-refractivity contribution in [2.75, 3.05) is 13.7 Å². The smallest absolute Gasteiger partial charge is 0.407 e. The van der Waals surface area contributed by atoms with Crippen molar-refractivity contribution < 1.29 is 33.8 Å². The van der Waals surface area contributed by atoms with Crippen LogP contribution in [0, 0.1) is 0 Å². The minimum atomic E-state index is -1.48. The van der Waals surface area contributed by atoms with E-state index in [1.165, 1.54) is 7.05 Å². The minimum absolute atomic E-state index is 0.0122. The van der Waals surface area contributed by atoms with Crippen molar-refractivity contribution in [3.63, 3.8) is 0 Å². The lowest BCUT2D eigenvalue weighted by atomic mass is 9.98. The number of benzene rings is 2. The predicted molar refractivity (Wildman–Crippen MR) is 119 cm³/mol. The van der Waals surface area contributed by atoms with Gasteiger partial charge >= 0.3 is 12.1 Å². The van der Waals surface area contributed by atoms with Gasteiger partial charge in [0.1, 0.15) is 18.7 Å². The molecule has 10 nitrogen and oxygen atoms in total. The largest absolute Gasteiger partial charge is 0.481 e. The topological polar surface area (TPSA) is 142 Å². The summed E-state index contributed by atoms with van der Waals surface area (Å²) < 4.78 is 5.37. The molecule has 1 aliphatic heterocycles. The van der Waals surface area contributed by atoms with Gasteiger partial charge in [0, 0.05) is 13.0 Å². The lowest BCUT2D eigenvalue weighted by molar-refractivity contribution is -0.140. The summed E-state index contributed by atoms with van der Waals surface area (Å²) in [4.78, 5) is 60.9. The van der Waals surface area contributed by atoms with Gasteiger partial charge in [-0.3, -0.25) is 24.1 Å². The maximum atomic E-state index is 12.6. The van der Waals surface area contributed by atoms with E-state index < -0.39 is 48.3 Å². The van der Waals surface area contributed by atoms with Gasteiger partial charge in [0.05, 0.1) is 12.8 Å². The monoisotopic (exact) mass is 465 g/mol. The Morgan fingerprint density at radius 2 is 1.65 bits per heavy atom. The molecule has 1 fully saturated rings. The molecule has 1 aliphatic carbocycles. The fourth-order valence-electron chi connectivity index (χ4n) is 4.31. The van der Waals surface area contributed by atoms with Crippen molar-refractivity contribution in [3.8, 4) is 11.1 Å². The van der Waals surface area contributed by atoms with E-state index in [4.69, 9.17) is 9.84 Å². The van der Waals surface area contributed by atoms with Gasteiger partial charge in [-0.2, -0.15) is 0 Å². The fourth-order valence-corrected chi connectivity index (χ4v) is 4.31. The number of amides is 4. The zero-order chi connectivity index (χ0) is 24.4. The number of alkyl carbamates (subject to hydrolysis) is 1. The Kier molecular flexibility index (Phi) is 6.31. The fraction of sp³-hybridized carbons (Fsp3) is 0.292. The van der Waals surface area contributed by atoms with Gasteiger partial charge < -0.3 is 20.5 Å². The molecule has 1 saturated heterocycles. The predicted octanol–water partition coefficient (Wildman–Crippen LogP) is 1.24. The molecule has 4 amide bonds. The second-order valence-corrected chi connectivity index (χ2v) is 8.18. The number of carboxylic acids is 1. The van der Waals surface area contributed by atoms with Crippen LogP contribution < -0.4 is 10.6 Å². The van der Waals surface area contributed by atoms with Crippen LogP contribution in [-0.4, -0.2) is 65.5 Å². The first-order valence-corrected chi connectivity index (χ1v) is 10.7. The molecule has 4 rings (SSSR count). The zero-order valence-corrected chi connectivity index (χ0v) is 18.3. The van der Waals surface area contributed by atoms with E-state index in [2.05, 4.69) is 10.6 Å². The van der Waals surface area contributed by atoms with Crippen LogP contribution in [0.25, 0.3) is 11.1 Å². The molecule has 2 aromatic carbocycles. The van der Waals surface area contributed by atoms with Gasteiger partial charge in [-0.15, -0.1) is 0 Å². The zero-order valence-electron chi connectivity index (χ0n) is 18.3. The maximum Gasteiger partial charge on any atom is 0.407 e. The Hall–Kier alpha value is -4.21. The van der Waals surface area contributed by atoms with Crippen LogP contribution in [0.1, 0.15) is 29.9 Å². The standard InChI is InChI=1S/C24H23N3O7/c1-27-20(28)10-19(23(27)32)25-22(31)18(11-21(29)30)26-24(33)34-12-17-15-8-4-2-6-13(15)14-7-3-5-9-16(14)17/h2-9,17-19H,10-12H2,1H3,(H,25,31)(H,26,33)(H,29,30). The number of carboxylic acid groups (broad SMARTS) is 1. The van der Waals surface area contributed by atoms with Crippen molar-refractivity contribution in [1.82, 2.24) is 15.5 Å². The van der Waals surface area contributed by atoms with E-state index in [-0.39, 0.29) is 18.9 Å². The van der Waals surface area contributed by atoms with Crippen molar-refractivity contribution in [2.45, 2.75) is 30.8 Å². The van der Waals surface area contributed by atoms with Gasteiger partial charge in [0.25, 0.3) is 5.91 Å². The second kappa shape index (κ2) is 9.34. The summed E-state index contributed by atoms with van der Waals surface area (Å²) in [6, 6.07) is 13.0. The molecule has 2 aliphatic rings. The van der Waals surface area contributed by atoms with Crippen molar-refractivity contribution in [2.24, 2.45) is 0 Å². The lowest BCUT2D eigenvalue weighted by Gasteiger charge is -2.20. The summed E-state index contributed by atoms with van der Waals surface area (Å²) in [5.74, 6) is -3.49. The summed E-state index contributed by atoms with van der Waals surface area (Å²) >= 11 is 0. The van der Waals surface area contributed by atoms with Crippen molar-refractivity contribution >= 4 is 29.8 Å². The average molecular weight is 465 g/mol. The molecule has 0 saturated carbocycles. The summed E-state index contributed by atoms with van der Waals surface area (Å²) in [6.07, 6.45) is -1.92. The van der Waals surface area contributed by atoms with Gasteiger partial charge in [-0.05, 0) is 22.3 Å². The first kappa shape index (κ1) is 23.0. The summed E-state index contributed by atoms with van der Waals surface area (Å²) in [7, 11) is 1.29. The summed E-state index contributed by atoms with van der Waals surface area (Å²) in [6.45, 7) is -0.0122. The third-order valence-electron chi connectivity index (χ3n) is 6.03. The molecule has 2 unspecified atom stereocenters. The van der Waals surface area contributed by atoms with Crippen molar-refractivity contribution in [3.05, 3.63) is 59.7 Å². The maximum absolute atomic E-state index is 12.6. The molecule has 2 aromatic rings. The highest BCUT2D eigenvalue weighted by atomic mass is 16.5. The van der Waals surface area contributed by atoms with E-state index in [1.54, 1.807) is 0 Å². The van der Waals surface area contributed by atoms with E-state index in [9.17, 15) is 24.0 Å². The SMILES string of the molecule is CN1C(=O)CC(NC(=O)C(CC(=O)O)NC(=O)OCC2c3ccccc3-c3ccccc32)C1=O. The summed E-state index contributed by atoms with van der Waals surface area (Å²) in [5, 5.41) is 13.8. The highest BCUT2D eigenvalue weighted by Gasteiger charge is 2.38. The number of hydrogen-bond donors (Lipinski definition) is 3. The number of hydrogen-bond acceptors (Lipinski definition) is 6. The van der Waals surface area contributed by atoms with Crippen LogP contribution in [0.15, 0.2) is 48.5 Å². The van der Waals surface area contributed by atoms with E-state index in [0.29, 0.717) is 0 Å². The molecule has 0 aromatic heterocycles. The highest BCUT2D eigenvalue weighted by Crippen LogP contribution is 2.44. The molecule has 1 heterocycles. The third-order valence-corrected chi connectivity index (χ3v) is 6.03. The van der Waals surface area contributed by atoms with Gasteiger partial charge in [-0.25, -0.2) is 4.79 Å². The second-order valence-electron chi connectivity index (χ2n) is 8.18. The lowest BCUT2D eigenvalue weighted by Crippen LogP contribution is -2.52. The number of likely N-dealkylation sites (tertiary alicyclic amines) is 1. The molecule has 10 heteroatoms. The molecule has 3 N–H and O–H groups in total. The third kappa shape index (κ3) is 4.47. The Bertz CT molecular complexity index is 1130. The number of fused-ring (bicyclic) bond motifs is 3. The number of ether oxygens (including phenoxy) is 1. The van der Waals surface area contributed by atoms with Crippen LogP contribution in [0.2, 0.25) is 0 Å². The van der Waals surface area contributed by atoms with Crippen LogP contribution in [0.3, 0.4) is 0 Å². The van der Waals surface area contributed by atoms with Gasteiger partial charge in [-0.1, -0.05) is 48.5 Å². The number of likely N-dealkylation sites (N-methyl/N-ethyl adjacent to an activating group) is 1. The van der Waals surface area contributed by atoms with Crippen LogP contribution in [0.4, 0.5) is 4.79 Å². The number of nitrogens with zero attached hydrogens (tertiary/aromatic N) is 1. The van der Waals surface area contributed by atoms with Crippen molar-refractivity contribution in [1.29, 1.82) is 0 Å². The first-order chi connectivity index (χ1) is 16.3. The molecule has 176 valence electrons. The molecule has 2 atom stereocenters. The Morgan fingerprint density at radius 1 is 1.06 bits per heavy atom. The van der Waals surface area contributed by atoms with Crippen LogP contribution in [-0.2, 0) is 23.9 Å².